The Labute approximate surface area is 161 Å². The van der Waals surface area contributed by atoms with E-state index >= 15 is 0 Å². The summed E-state index contributed by atoms with van der Waals surface area (Å²) in [7, 11) is 0. The number of ether oxygens (including phenoxy) is 2. The molecule has 0 radical (unpaired) electrons. The Balaban J connectivity index is 2.17. The SMILES string of the molecule is C=N/C(=C\C=C(/C)N1CNC(C)(C)C1=O)Oc1ccc(C)c(OC(F)(F)F)c1. The first-order chi connectivity index (χ1) is 12.9. The Morgan fingerprint density at radius 2 is 2.04 bits per heavy atom. The maximum atomic E-state index is 12.5. The van der Waals surface area contributed by atoms with Crippen LogP contribution in [0.5, 0.6) is 11.5 Å². The van der Waals surface area contributed by atoms with Crippen molar-refractivity contribution in [2.45, 2.75) is 39.6 Å². The summed E-state index contributed by atoms with van der Waals surface area (Å²) in [5, 5.41) is 3.09. The number of aliphatic imine (C=N–C) groups is 1. The lowest BCUT2D eigenvalue weighted by atomic mass is 10.1. The third kappa shape index (κ3) is 5.35. The third-order valence-electron chi connectivity index (χ3n) is 4.12. The molecule has 28 heavy (non-hydrogen) atoms. The number of allylic oxidation sites excluding steroid dienone is 3. The molecular weight excluding hydrogens is 375 g/mol. The molecule has 0 atom stereocenters. The van der Waals surface area contributed by atoms with Crippen LogP contribution in [0.3, 0.4) is 0 Å². The molecule has 2 rings (SSSR count). The number of benzene rings is 1. The fourth-order valence-electron chi connectivity index (χ4n) is 2.45. The van der Waals surface area contributed by atoms with Crippen LogP contribution in [0.1, 0.15) is 26.3 Å². The second-order valence-electron chi connectivity index (χ2n) is 6.74. The molecule has 1 aromatic rings. The van der Waals surface area contributed by atoms with Crippen LogP contribution >= 0.6 is 0 Å². The van der Waals surface area contributed by atoms with Crippen molar-refractivity contribution in [1.29, 1.82) is 0 Å². The average molecular weight is 397 g/mol. The number of alkyl halides is 3. The molecule has 1 amide bonds. The van der Waals surface area contributed by atoms with Crippen molar-refractivity contribution in [1.82, 2.24) is 10.2 Å². The number of amides is 1. The first-order valence-electron chi connectivity index (χ1n) is 8.39. The lowest BCUT2D eigenvalue weighted by Crippen LogP contribution is -2.39. The van der Waals surface area contributed by atoms with Crippen molar-refractivity contribution in [3.63, 3.8) is 0 Å². The molecule has 152 valence electrons. The van der Waals surface area contributed by atoms with E-state index < -0.39 is 11.9 Å². The summed E-state index contributed by atoms with van der Waals surface area (Å²) in [6.45, 7) is 10.6. The van der Waals surface area contributed by atoms with Crippen LogP contribution in [0, 0.1) is 6.92 Å². The predicted molar refractivity (Wildman–Crippen MR) is 98.8 cm³/mol. The highest BCUT2D eigenvalue weighted by Crippen LogP contribution is 2.30. The fourth-order valence-corrected chi connectivity index (χ4v) is 2.45. The zero-order valence-corrected chi connectivity index (χ0v) is 16.1. The van der Waals surface area contributed by atoms with Crippen molar-refractivity contribution in [3.8, 4) is 11.5 Å². The Bertz CT molecular complexity index is 829. The second kappa shape index (κ2) is 8.05. The van der Waals surface area contributed by atoms with E-state index in [4.69, 9.17) is 4.74 Å². The number of carbonyl (C=O) groups is 1. The van der Waals surface area contributed by atoms with Crippen LogP contribution in [-0.4, -0.2) is 36.1 Å². The maximum absolute atomic E-state index is 12.5. The van der Waals surface area contributed by atoms with E-state index in [2.05, 4.69) is 21.8 Å². The quantitative estimate of drug-likeness (QED) is 0.450. The molecule has 1 heterocycles. The topological polar surface area (TPSA) is 63.2 Å². The number of aryl methyl sites for hydroxylation is 1. The Morgan fingerprint density at radius 3 is 2.57 bits per heavy atom. The maximum Gasteiger partial charge on any atom is 0.573 e. The van der Waals surface area contributed by atoms with Crippen molar-refractivity contribution >= 4 is 12.6 Å². The molecule has 0 saturated carbocycles. The number of hydrogen-bond acceptors (Lipinski definition) is 5. The van der Waals surface area contributed by atoms with Crippen LogP contribution < -0.4 is 14.8 Å². The van der Waals surface area contributed by atoms with Gasteiger partial charge in [0.25, 0.3) is 0 Å². The molecule has 0 aromatic heterocycles. The minimum Gasteiger partial charge on any atom is -0.439 e. The summed E-state index contributed by atoms with van der Waals surface area (Å²) in [4.78, 5) is 17.6. The highest BCUT2D eigenvalue weighted by atomic mass is 19.4. The number of halogens is 3. The van der Waals surface area contributed by atoms with Crippen LogP contribution in [0.25, 0.3) is 0 Å². The van der Waals surface area contributed by atoms with Crippen LogP contribution in [0.15, 0.2) is 46.9 Å². The Morgan fingerprint density at radius 1 is 1.36 bits per heavy atom. The number of nitrogens with zero attached hydrogens (tertiary/aromatic N) is 2. The molecule has 6 nitrogen and oxygen atoms in total. The molecule has 0 aliphatic carbocycles. The molecule has 9 heteroatoms. The van der Waals surface area contributed by atoms with E-state index in [0.717, 1.165) is 6.07 Å². The van der Waals surface area contributed by atoms with Gasteiger partial charge >= 0.3 is 6.36 Å². The van der Waals surface area contributed by atoms with Crippen molar-refractivity contribution in [3.05, 3.63) is 47.5 Å². The summed E-state index contributed by atoms with van der Waals surface area (Å²) in [5.41, 5.74) is 0.309. The van der Waals surface area contributed by atoms with E-state index in [0.29, 0.717) is 17.9 Å². The van der Waals surface area contributed by atoms with Crippen LogP contribution in [0.2, 0.25) is 0 Å². The molecule has 1 saturated heterocycles. The van der Waals surface area contributed by atoms with E-state index in [1.165, 1.54) is 25.1 Å². The number of rotatable bonds is 6. The van der Waals surface area contributed by atoms with Gasteiger partial charge in [0.05, 0.1) is 12.2 Å². The average Bonchev–Trinajstić information content (AvgIpc) is 2.86. The van der Waals surface area contributed by atoms with E-state index in [1.807, 2.05) is 0 Å². The summed E-state index contributed by atoms with van der Waals surface area (Å²) in [5.74, 6) is -0.276. The smallest absolute Gasteiger partial charge is 0.439 e. The third-order valence-corrected chi connectivity index (χ3v) is 4.12. The lowest BCUT2D eigenvalue weighted by Gasteiger charge is -2.18. The predicted octanol–water partition coefficient (Wildman–Crippen LogP) is 3.89. The summed E-state index contributed by atoms with van der Waals surface area (Å²) < 4.78 is 46.9. The van der Waals surface area contributed by atoms with Gasteiger partial charge in [0.15, 0.2) is 0 Å². The minimum absolute atomic E-state index is 0.0556. The van der Waals surface area contributed by atoms with Gasteiger partial charge in [-0.1, -0.05) is 6.07 Å². The van der Waals surface area contributed by atoms with E-state index in [-0.39, 0.29) is 23.3 Å². The van der Waals surface area contributed by atoms with Crippen molar-refractivity contribution in [2.75, 3.05) is 6.67 Å². The number of nitrogens with one attached hydrogen (secondary N) is 1. The van der Waals surface area contributed by atoms with Gasteiger partial charge in [-0.2, -0.15) is 0 Å². The normalized spacial score (nSPS) is 17.7. The molecule has 1 fully saturated rings. The Kier molecular flexibility index (Phi) is 6.18. The van der Waals surface area contributed by atoms with Gasteiger partial charge in [-0.05, 0) is 52.1 Å². The van der Waals surface area contributed by atoms with Gasteiger partial charge in [0.2, 0.25) is 11.8 Å². The monoisotopic (exact) mass is 397 g/mol. The lowest BCUT2D eigenvalue weighted by molar-refractivity contribution is -0.274. The van der Waals surface area contributed by atoms with Gasteiger partial charge in [-0.25, -0.2) is 4.99 Å². The second-order valence-corrected chi connectivity index (χ2v) is 6.74. The molecule has 0 bridgehead atoms. The van der Waals surface area contributed by atoms with Crippen molar-refractivity contribution < 1.29 is 27.4 Å². The minimum atomic E-state index is -4.80. The van der Waals surface area contributed by atoms with Gasteiger partial charge in [0.1, 0.15) is 11.5 Å². The molecular formula is C19H22F3N3O3. The zero-order chi connectivity index (χ0) is 21.1. The van der Waals surface area contributed by atoms with Gasteiger partial charge in [-0.15, -0.1) is 13.2 Å². The largest absolute Gasteiger partial charge is 0.573 e. The summed E-state index contributed by atoms with van der Waals surface area (Å²) >= 11 is 0. The van der Waals surface area contributed by atoms with Crippen LogP contribution in [-0.2, 0) is 4.79 Å². The first-order valence-corrected chi connectivity index (χ1v) is 8.39. The van der Waals surface area contributed by atoms with Gasteiger partial charge in [-0.3, -0.25) is 10.1 Å². The highest BCUT2D eigenvalue weighted by Gasteiger charge is 2.38. The van der Waals surface area contributed by atoms with E-state index in [1.54, 1.807) is 31.7 Å². The highest BCUT2D eigenvalue weighted by molar-refractivity contribution is 5.88. The molecule has 1 aliphatic heterocycles. The Hall–Kier alpha value is -2.81. The first kappa shape index (κ1) is 21.5. The molecule has 1 N–H and O–H groups in total. The van der Waals surface area contributed by atoms with Crippen molar-refractivity contribution in [2.24, 2.45) is 4.99 Å². The van der Waals surface area contributed by atoms with Crippen LogP contribution in [0.4, 0.5) is 13.2 Å². The summed E-state index contributed by atoms with van der Waals surface area (Å²) in [6.07, 6.45) is -1.71. The fraction of sp³-hybridized carbons (Fsp3) is 0.368. The number of hydrogen-bond donors (Lipinski definition) is 1. The molecule has 1 aromatic carbocycles. The standard InChI is InChI=1S/C19H22F3N3O3/c1-12-6-8-14(10-15(12)28-19(20,21)22)27-16(23-5)9-7-13(2)25-11-24-18(3,4)17(25)26/h6-10,24H,5,11H2,1-4H3/b13-7+,16-9+. The zero-order valence-electron chi connectivity index (χ0n) is 16.1. The van der Waals surface area contributed by atoms with Gasteiger partial charge in [0, 0.05) is 17.8 Å². The molecule has 0 spiro atoms. The molecule has 1 aliphatic rings. The molecule has 0 unspecified atom stereocenters. The van der Waals surface area contributed by atoms with E-state index in [9.17, 15) is 18.0 Å². The number of carbonyl (C=O) groups excluding carboxylic acids is 1. The van der Waals surface area contributed by atoms with Gasteiger partial charge < -0.3 is 14.4 Å². The summed E-state index contributed by atoms with van der Waals surface area (Å²) in [6, 6.07) is 4.05.